The fourth-order valence-corrected chi connectivity index (χ4v) is 5.18. The van der Waals surface area contributed by atoms with Crippen LogP contribution in [0.25, 0.3) is 16.6 Å². The number of rotatable bonds is 6. The van der Waals surface area contributed by atoms with Gasteiger partial charge >= 0.3 is 0 Å². The Morgan fingerprint density at radius 2 is 1.71 bits per heavy atom. The van der Waals surface area contributed by atoms with Gasteiger partial charge in [-0.2, -0.15) is 5.10 Å². The lowest BCUT2D eigenvalue weighted by atomic mass is 10.0. The second-order valence-corrected chi connectivity index (χ2v) is 9.00. The summed E-state index contributed by atoms with van der Waals surface area (Å²) < 4.78 is 2.15. The van der Waals surface area contributed by atoms with Gasteiger partial charge < -0.3 is 10.2 Å². The number of piperazine rings is 1. The Bertz CT molecular complexity index is 982. The van der Waals surface area contributed by atoms with E-state index in [0.29, 0.717) is 0 Å². The van der Waals surface area contributed by atoms with Gasteiger partial charge in [-0.05, 0) is 69.1 Å². The molecule has 1 N–H and O–H groups in total. The molecule has 5 nitrogen and oxygen atoms in total. The van der Waals surface area contributed by atoms with Crippen LogP contribution in [0.5, 0.6) is 0 Å². The van der Waals surface area contributed by atoms with Crippen molar-refractivity contribution in [3.05, 3.63) is 54.2 Å². The van der Waals surface area contributed by atoms with Crippen molar-refractivity contribution in [2.75, 3.05) is 44.2 Å². The minimum absolute atomic E-state index is 0.770. The van der Waals surface area contributed by atoms with Crippen LogP contribution in [-0.4, -0.2) is 60.0 Å². The molecule has 5 heteroatoms. The van der Waals surface area contributed by atoms with E-state index in [9.17, 15) is 0 Å². The molecule has 0 amide bonds. The van der Waals surface area contributed by atoms with Crippen LogP contribution >= 0.6 is 0 Å². The largest absolute Gasteiger partial charge is 0.369 e. The molecule has 164 valence electrons. The van der Waals surface area contributed by atoms with Crippen LogP contribution in [-0.2, 0) is 6.42 Å². The molecule has 0 unspecified atom stereocenters. The zero-order valence-corrected chi connectivity index (χ0v) is 18.8. The first kappa shape index (κ1) is 20.5. The second-order valence-electron chi connectivity index (χ2n) is 9.00. The Balaban J connectivity index is 1.40. The van der Waals surface area contributed by atoms with Crippen molar-refractivity contribution in [3.63, 3.8) is 0 Å². The zero-order chi connectivity index (χ0) is 21.0. The Morgan fingerprint density at radius 1 is 0.935 bits per heavy atom. The summed E-state index contributed by atoms with van der Waals surface area (Å²) in [4.78, 5) is 5.28. The molecule has 5 rings (SSSR count). The third-order valence-corrected chi connectivity index (χ3v) is 7.01. The predicted molar refractivity (Wildman–Crippen MR) is 129 cm³/mol. The van der Waals surface area contributed by atoms with Crippen molar-refractivity contribution in [2.45, 2.75) is 45.1 Å². The van der Waals surface area contributed by atoms with Gasteiger partial charge in [-0.25, -0.2) is 4.68 Å². The highest BCUT2D eigenvalue weighted by Gasteiger charge is 2.25. The van der Waals surface area contributed by atoms with Crippen molar-refractivity contribution in [1.29, 1.82) is 0 Å². The van der Waals surface area contributed by atoms with Crippen LogP contribution in [0.2, 0.25) is 0 Å². The van der Waals surface area contributed by atoms with Crippen molar-refractivity contribution < 1.29 is 0 Å². The first-order valence-electron chi connectivity index (χ1n) is 12.1. The Morgan fingerprint density at radius 3 is 2.45 bits per heavy atom. The number of fused-ring (bicyclic) bond motifs is 1. The monoisotopic (exact) mass is 417 g/mol. The molecule has 3 heterocycles. The fourth-order valence-electron chi connectivity index (χ4n) is 5.18. The average molecular weight is 418 g/mol. The van der Waals surface area contributed by atoms with Gasteiger partial charge in [0.05, 0.1) is 16.9 Å². The molecule has 31 heavy (non-hydrogen) atoms. The van der Waals surface area contributed by atoms with E-state index in [-0.39, 0.29) is 0 Å². The van der Waals surface area contributed by atoms with E-state index in [4.69, 9.17) is 5.10 Å². The van der Waals surface area contributed by atoms with Gasteiger partial charge in [0.2, 0.25) is 0 Å². The highest BCUT2D eigenvalue weighted by Crippen LogP contribution is 2.29. The van der Waals surface area contributed by atoms with Crippen LogP contribution < -0.4 is 10.2 Å². The highest BCUT2D eigenvalue weighted by molar-refractivity contribution is 5.87. The van der Waals surface area contributed by atoms with Gasteiger partial charge in [0.15, 0.2) is 0 Å². The number of anilines is 1. The summed E-state index contributed by atoms with van der Waals surface area (Å²) in [5.41, 5.74) is 4.93. The number of piperidine rings is 1. The average Bonchev–Trinajstić information content (AvgIpc) is 3.22. The van der Waals surface area contributed by atoms with E-state index in [0.717, 1.165) is 31.2 Å². The molecule has 0 saturated carbocycles. The molecule has 0 atom stereocenters. The van der Waals surface area contributed by atoms with Crippen LogP contribution in [0.4, 0.5) is 5.69 Å². The van der Waals surface area contributed by atoms with Gasteiger partial charge in [0.1, 0.15) is 0 Å². The lowest BCUT2D eigenvalue weighted by molar-refractivity contribution is 0.153. The molecule has 2 fully saturated rings. The summed E-state index contributed by atoms with van der Waals surface area (Å²) in [6, 6.07) is 18.3. The number of unbranched alkanes of at least 4 members (excludes halogenated alkanes) is 1. The first-order valence-corrected chi connectivity index (χ1v) is 12.1. The fraction of sp³-hybridized carbons (Fsp3) is 0.500. The minimum Gasteiger partial charge on any atom is -0.369 e. The molecule has 0 radical (unpaired) electrons. The molecule has 1 aromatic heterocycles. The molecule has 3 aromatic rings. The smallest absolute Gasteiger partial charge is 0.0764 e. The Hall–Kier alpha value is -2.37. The zero-order valence-electron chi connectivity index (χ0n) is 18.8. The van der Waals surface area contributed by atoms with E-state index in [1.165, 1.54) is 74.1 Å². The van der Waals surface area contributed by atoms with Crippen LogP contribution in [0.15, 0.2) is 48.5 Å². The lowest BCUT2D eigenvalue weighted by Gasteiger charge is -2.41. The van der Waals surface area contributed by atoms with E-state index >= 15 is 0 Å². The van der Waals surface area contributed by atoms with Crippen molar-refractivity contribution in [2.24, 2.45) is 0 Å². The Kier molecular flexibility index (Phi) is 6.23. The van der Waals surface area contributed by atoms with Crippen LogP contribution in [0.1, 0.15) is 38.3 Å². The number of aromatic nitrogens is 2. The van der Waals surface area contributed by atoms with E-state index in [1.807, 2.05) is 0 Å². The van der Waals surface area contributed by atoms with Crippen LogP contribution in [0.3, 0.4) is 0 Å². The maximum Gasteiger partial charge on any atom is 0.0764 e. The third-order valence-electron chi connectivity index (χ3n) is 7.01. The molecular weight excluding hydrogens is 382 g/mol. The van der Waals surface area contributed by atoms with Gasteiger partial charge in [-0.15, -0.1) is 0 Å². The van der Waals surface area contributed by atoms with Crippen molar-refractivity contribution >= 4 is 16.6 Å². The van der Waals surface area contributed by atoms with Gasteiger partial charge in [0, 0.05) is 43.3 Å². The first-order chi connectivity index (χ1) is 15.3. The number of hydrogen-bond acceptors (Lipinski definition) is 4. The number of aryl methyl sites for hydroxylation is 1. The predicted octanol–water partition coefficient (Wildman–Crippen LogP) is 4.24. The normalized spacial score (nSPS) is 18.7. The molecule has 0 spiro atoms. The summed E-state index contributed by atoms with van der Waals surface area (Å²) in [6.45, 7) is 9.15. The van der Waals surface area contributed by atoms with E-state index < -0.39 is 0 Å². The summed E-state index contributed by atoms with van der Waals surface area (Å²) in [6.07, 6.45) is 6.01. The minimum atomic E-state index is 0.770. The van der Waals surface area contributed by atoms with Crippen molar-refractivity contribution in [1.82, 2.24) is 20.0 Å². The molecule has 2 saturated heterocycles. The Labute approximate surface area is 186 Å². The molecule has 2 aromatic carbocycles. The summed E-state index contributed by atoms with van der Waals surface area (Å²) >= 11 is 0. The summed E-state index contributed by atoms with van der Waals surface area (Å²) in [7, 11) is 0. The van der Waals surface area contributed by atoms with E-state index in [2.05, 4.69) is 75.3 Å². The lowest BCUT2D eigenvalue weighted by Crippen LogP contribution is -2.52. The number of hydrogen-bond donors (Lipinski definition) is 1. The molecule has 2 aliphatic rings. The maximum absolute atomic E-state index is 5.04. The number of nitrogens with zero attached hydrogens (tertiary/aromatic N) is 4. The molecular formula is C26H35N5. The van der Waals surface area contributed by atoms with E-state index in [1.54, 1.807) is 0 Å². The standard InChI is InChI=1S/C26H35N5/c1-2-3-9-25-24-11-10-23(20-26(24)31(28-25)22-7-5-4-6-8-22)30-18-16-29(17-19-30)21-12-14-27-15-13-21/h4-8,10-11,20-21,27H,2-3,9,12-19H2,1H3. The number of benzene rings is 2. The maximum atomic E-state index is 5.04. The second kappa shape index (κ2) is 9.41. The van der Waals surface area contributed by atoms with Gasteiger partial charge in [0.25, 0.3) is 0 Å². The summed E-state index contributed by atoms with van der Waals surface area (Å²) in [5, 5.41) is 9.83. The number of para-hydroxylation sites is 1. The quantitative estimate of drug-likeness (QED) is 0.651. The van der Waals surface area contributed by atoms with Crippen molar-refractivity contribution in [3.8, 4) is 5.69 Å². The van der Waals surface area contributed by atoms with Gasteiger partial charge in [-0.3, -0.25) is 4.90 Å². The highest BCUT2D eigenvalue weighted by atomic mass is 15.3. The SMILES string of the molecule is CCCCc1nn(-c2ccccc2)c2cc(N3CCN(C4CCNCC4)CC3)ccc12. The summed E-state index contributed by atoms with van der Waals surface area (Å²) in [5.74, 6) is 0. The topological polar surface area (TPSA) is 36.3 Å². The number of nitrogens with one attached hydrogen (secondary N) is 1. The molecule has 2 aliphatic heterocycles. The molecule has 0 bridgehead atoms. The van der Waals surface area contributed by atoms with Crippen LogP contribution in [0, 0.1) is 0 Å². The molecule has 0 aliphatic carbocycles. The van der Waals surface area contributed by atoms with Gasteiger partial charge in [-0.1, -0.05) is 31.5 Å². The third kappa shape index (κ3) is 4.35.